The minimum Gasteiger partial charge on any atom is -0.354 e. The summed E-state index contributed by atoms with van der Waals surface area (Å²) in [6, 6.07) is 7.17. The number of carbonyl (C=O) groups is 2. The lowest BCUT2D eigenvalue weighted by Gasteiger charge is -2.11. The van der Waals surface area contributed by atoms with Crippen LogP contribution in [0.1, 0.15) is 36.1 Å². The number of amides is 2. The van der Waals surface area contributed by atoms with E-state index in [1.54, 1.807) is 18.2 Å². The first kappa shape index (κ1) is 19.3. The number of halogens is 1. The molecule has 0 aliphatic rings. The largest absolute Gasteiger partial charge is 0.354 e. The number of aromatic amines is 1. The second-order valence-corrected chi connectivity index (χ2v) is 7.00. The number of benzene rings is 1. The quantitative estimate of drug-likeness (QED) is 0.593. The summed E-state index contributed by atoms with van der Waals surface area (Å²) in [5.41, 5.74) is 0.495. The van der Waals surface area contributed by atoms with Gasteiger partial charge in [-0.15, -0.1) is 0 Å². The highest BCUT2D eigenvalue weighted by molar-refractivity contribution is 9.10. The summed E-state index contributed by atoms with van der Waals surface area (Å²) >= 11 is 8.49. The number of hydrogen-bond donors (Lipinski definition) is 3. The summed E-state index contributed by atoms with van der Waals surface area (Å²) in [6.07, 6.45) is 0.552. The fourth-order valence-electron chi connectivity index (χ4n) is 2.31. The van der Waals surface area contributed by atoms with Crippen LogP contribution in [0.3, 0.4) is 0 Å². The Labute approximate surface area is 159 Å². The maximum absolute atomic E-state index is 12.0. The molecule has 3 N–H and O–H groups in total. The van der Waals surface area contributed by atoms with Crippen LogP contribution in [0.15, 0.2) is 28.7 Å². The van der Waals surface area contributed by atoms with E-state index in [0.717, 1.165) is 10.3 Å². The fraction of sp³-hybridized carbons (Fsp3) is 0.375. The molecule has 134 valence electrons. The first-order valence-corrected chi connectivity index (χ1v) is 9.05. The third-order valence-corrected chi connectivity index (χ3v) is 4.24. The van der Waals surface area contributed by atoms with Crippen LogP contribution in [0, 0.1) is 4.77 Å². The Kier molecular flexibility index (Phi) is 6.89. The van der Waals surface area contributed by atoms with Crippen molar-refractivity contribution in [1.82, 2.24) is 25.4 Å². The van der Waals surface area contributed by atoms with Crippen LogP contribution < -0.4 is 10.6 Å². The van der Waals surface area contributed by atoms with Gasteiger partial charge in [-0.1, -0.05) is 22.0 Å². The van der Waals surface area contributed by atoms with Gasteiger partial charge in [-0.2, -0.15) is 5.10 Å². The van der Waals surface area contributed by atoms with Crippen molar-refractivity contribution in [3.8, 4) is 0 Å². The van der Waals surface area contributed by atoms with E-state index in [2.05, 4.69) is 36.8 Å². The van der Waals surface area contributed by atoms with Crippen LogP contribution in [0.2, 0.25) is 0 Å². The molecule has 0 radical (unpaired) electrons. The zero-order chi connectivity index (χ0) is 18.4. The van der Waals surface area contributed by atoms with E-state index in [-0.39, 0.29) is 24.4 Å². The maximum atomic E-state index is 12.0. The van der Waals surface area contributed by atoms with E-state index in [9.17, 15) is 9.59 Å². The number of nitrogens with zero attached hydrogens (tertiary/aromatic N) is 2. The van der Waals surface area contributed by atoms with Gasteiger partial charge >= 0.3 is 0 Å². The molecule has 0 saturated carbocycles. The third-order valence-electron chi connectivity index (χ3n) is 3.46. The minimum absolute atomic E-state index is 0.0810. The summed E-state index contributed by atoms with van der Waals surface area (Å²) in [6.45, 7) is 4.37. The Morgan fingerprint density at radius 1 is 1.36 bits per heavy atom. The summed E-state index contributed by atoms with van der Waals surface area (Å²) in [5.74, 6) is 0.240. The van der Waals surface area contributed by atoms with E-state index in [1.165, 1.54) is 0 Å². The monoisotopic (exact) mass is 425 g/mol. The molecule has 0 atom stereocenters. The molecule has 0 aliphatic carbocycles. The van der Waals surface area contributed by atoms with Crippen molar-refractivity contribution < 1.29 is 9.59 Å². The van der Waals surface area contributed by atoms with Crippen molar-refractivity contribution in [2.75, 3.05) is 13.1 Å². The Hall–Kier alpha value is -2.00. The number of hydrogen-bond acceptors (Lipinski definition) is 4. The van der Waals surface area contributed by atoms with Crippen LogP contribution in [-0.4, -0.2) is 39.7 Å². The molecule has 1 heterocycles. The van der Waals surface area contributed by atoms with Gasteiger partial charge in [0, 0.05) is 29.0 Å². The molecule has 0 bridgehead atoms. The van der Waals surface area contributed by atoms with E-state index in [1.807, 2.05) is 24.5 Å². The molecule has 7 nitrogen and oxygen atoms in total. The molecule has 0 spiro atoms. The Bertz CT molecular complexity index is 815. The number of H-pyrrole nitrogens is 1. The summed E-state index contributed by atoms with van der Waals surface area (Å²) < 4.78 is 3.29. The fourth-order valence-corrected chi connectivity index (χ4v) is 3.08. The van der Waals surface area contributed by atoms with Gasteiger partial charge in [-0.05, 0) is 44.3 Å². The van der Waals surface area contributed by atoms with Crippen LogP contribution in [0.25, 0.3) is 0 Å². The van der Waals surface area contributed by atoms with Crippen molar-refractivity contribution in [3.63, 3.8) is 0 Å². The predicted octanol–water partition coefficient (Wildman–Crippen LogP) is 2.37. The van der Waals surface area contributed by atoms with Crippen LogP contribution in [0.4, 0.5) is 0 Å². The number of aromatic nitrogens is 3. The molecule has 0 aliphatic heterocycles. The highest BCUT2D eigenvalue weighted by Gasteiger charge is 2.11. The Morgan fingerprint density at radius 2 is 2.12 bits per heavy atom. The number of nitrogens with one attached hydrogen (secondary N) is 3. The van der Waals surface area contributed by atoms with Crippen LogP contribution in [0.5, 0.6) is 0 Å². The second-order valence-electron chi connectivity index (χ2n) is 5.70. The molecular formula is C16H20BrN5O2S. The van der Waals surface area contributed by atoms with Gasteiger partial charge in [0.15, 0.2) is 4.77 Å². The summed E-state index contributed by atoms with van der Waals surface area (Å²) in [5, 5.41) is 12.3. The molecule has 1 aromatic heterocycles. The van der Waals surface area contributed by atoms with Gasteiger partial charge in [-0.25, -0.2) is 0 Å². The zero-order valence-corrected chi connectivity index (χ0v) is 16.4. The molecule has 0 fully saturated rings. The van der Waals surface area contributed by atoms with Crippen LogP contribution in [-0.2, 0) is 11.2 Å². The molecule has 0 saturated heterocycles. The van der Waals surface area contributed by atoms with Crippen LogP contribution >= 0.6 is 28.1 Å². The molecule has 2 amide bonds. The van der Waals surface area contributed by atoms with Gasteiger partial charge in [0.2, 0.25) is 5.91 Å². The third kappa shape index (κ3) is 5.50. The summed E-state index contributed by atoms with van der Waals surface area (Å²) in [7, 11) is 0. The number of rotatable bonds is 7. The first-order chi connectivity index (χ1) is 11.9. The topological polar surface area (TPSA) is 91.8 Å². The second kappa shape index (κ2) is 8.91. The molecule has 9 heteroatoms. The van der Waals surface area contributed by atoms with E-state index in [4.69, 9.17) is 12.2 Å². The lowest BCUT2D eigenvalue weighted by Crippen LogP contribution is -2.37. The van der Waals surface area contributed by atoms with E-state index in [0.29, 0.717) is 23.3 Å². The maximum Gasteiger partial charge on any atom is 0.251 e. The lowest BCUT2D eigenvalue weighted by atomic mass is 10.2. The lowest BCUT2D eigenvalue weighted by molar-refractivity contribution is -0.120. The van der Waals surface area contributed by atoms with Crippen molar-refractivity contribution in [3.05, 3.63) is 44.9 Å². The van der Waals surface area contributed by atoms with Crippen molar-refractivity contribution in [1.29, 1.82) is 0 Å². The SMILES string of the molecule is CC(C)n1c(CCNC(=O)CNC(=O)c2cccc(Br)c2)n[nH]c1=S. The zero-order valence-electron chi connectivity index (χ0n) is 14.0. The standard InChI is InChI=1S/C16H20BrN5O2S/c1-10(2)22-13(20-21-16(22)25)6-7-18-14(23)9-19-15(24)11-4-3-5-12(17)8-11/h3-5,8,10H,6-7,9H2,1-2H3,(H,18,23)(H,19,24)(H,21,25). The molecular weight excluding hydrogens is 406 g/mol. The van der Waals surface area contributed by atoms with Crippen molar-refractivity contribution in [2.24, 2.45) is 0 Å². The normalized spacial score (nSPS) is 10.7. The molecule has 0 unspecified atom stereocenters. The highest BCUT2D eigenvalue weighted by atomic mass is 79.9. The Balaban J connectivity index is 1.78. The Morgan fingerprint density at radius 3 is 2.80 bits per heavy atom. The summed E-state index contributed by atoms with van der Waals surface area (Å²) in [4.78, 5) is 23.8. The van der Waals surface area contributed by atoms with Gasteiger partial charge < -0.3 is 15.2 Å². The minimum atomic E-state index is -0.294. The van der Waals surface area contributed by atoms with Crippen molar-refractivity contribution >= 4 is 40.0 Å². The molecule has 25 heavy (non-hydrogen) atoms. The van der Waals surface area contributed by atoms with E-state index >= 15 is 0 Å². The average Bonchev–Trinajstić information content (AvgIpc) is 2.93. The van der Waals surface area contributed by atoms with Gasteiger partial charge in [-0.3, -0.25) is 14.7 Å². The average molecular weight is 426 g/mol. The van der Waals surface area contributed by atoms with Crippen molar-refractivity contribution in [2.45, 2.75) is 26.3 Å². The first-order valence-electron chi connectivity index (χ1n) is 7.84. The number of carbonyl (C=O) groups excluding carboxylic acids is 2. The smallest absolute Gasteiger partial charge is 0.251 e. The molecule has 2 aromatic rings. The van der Waals surface area contributed by atoms with Gasteiger partial charge in [0.25, 0.3) is 5.91 Å². The molecule has 2 rings (SSSR count). The van der Waals surface area contributed by atoms with Gasteiger partial charge in [0.1, 0.15) is 5.82 Å². The van der Waals surface area contributed by atoms with E-state index < -0.39 is 0 Å². The predicted molar refractivity (Wildman–Crippen MR) is 101 cm³/mol. The highest BCUT2D eigenvalue weighted by Crippen LogP contribution is 2.11. The van der Waals surface area contributed by atoms with Gasteiger partial charge in [0.05, 0.1) is 6.54 Å². The molecule has 1 aromatic carbocycles.